The molecule has 23 heavy (non-hydrogen) atoms. The molecule has 5 heteroatoms. The van der Waals surface area contributed by atoms with Gasteiger partial charge in [-0.3, -0.25) is 4.79 Å². The fourth-order valence-corrected chi connectivity index (χ4v) is 2.64. The molecule has 0 radical (unpaired) electrons. The van der Waals surface area contributed by atoms with E-state index in [0.717, 1.165) is 30.7 Å². The number of hydrogen-bond acceptors (Lipinski definition) is 4. The summed E-state index contributed by atoms with van der Waals surface area (Å²) in [5.74, 6) is 0.442. The van der Waals surface area contributed by atoms with Gasteiger partial charge < -0.3 is 15.0 Å². The summed E-state index contributed by atoms with van der Waals surface area (Å²) >= 11 is 0. The van der Waals surface area contributed by atoms with Crippen molar-refractivity contribution in [1.82, 2.24) is 10.2 Å². The Kier molecular flexibility index (Phi) is 6.04. The number of amides is 1. The maximum absolute atomic E-state index is 12.2. The minimum atomic E-state index is -0.332. The average molecular weight is 313 g/mol. The standard InChI is InChI=1S/C18H23N3O2/c1-14-5-3-4-10-21(14)13-16(11-19)18(22)20-12-15-6-8-17(23-2)9-7-15/h6-9,13-14H,3-5,10,12H2,1-2H3,(H,20,22)/b16-13-. The number of carbonyl (C=O) groups is 1. The molecule has 1 N–H and O–H groups in total. The molecular formula is C18H23N3O2. The van der Waals surface area contributed by atoms with Crippen LogP contribution in [0.1, 0.15) is 31.7 Å². The Morgan fingerprint density at radius 1 is 1.43 bits per heavy atom. The summed E-state index contributed by atoms with van der Waals surface area (Å²) in [6.07, 6.45) is 5.11. The number of ether oxygens (including phenoxy) is 1. The highest BCUT2D eigenvalue weighted by molar-refractivity contribution is 5.97. The molecule has 2 rings (SSSR count). The summed E-state index contributed by atoms with van der Waals surface area (Å²) in [5.41, 5.74) is 1.12. The number of carbonyl (C=O) groups excluding carboxylic acids is 1. The van der Waals surface area contributed by atoms with Crippen LogP contribution in [0.5, 0.6) is 5.75 Å². The summed E-state index contributed by atoms with van der Waals surface area (Å²) in [6.45, 7) is 3.41. The van der Waals surface area contributed by atoms with E-state index >= 15 is 0 Å². The number of hydrogen-bond donors (Lipinski definition) is 1. The zero-order valence-electron chi connectivity index (χ0n) is 13.7. The Balaban J connectivity index is 1.95. The summed E-state index contributed by atoms with van der Waals surface area (Å²) in [6, 6.07) is 9.86. The normalized spacial score (nSPS) is 18.2. The lowest BCUT2D eigenvalue weighted by Crippen LogP contribution is -2.34. The molecule has 5 nitrogen and oxygen atoms in total. The summed E-state index contributed by atoms with van der Waals surface area (Å²) in [4.78, 5) is 14.3. The van der Waals surface area contributed by atoms with Crippen LogP contribution in [0.4, 0.5) is 0 Å². The second-order valence-electron chi connectivity index (χ2n) is 5.77. The van der Waals surface area contributed by atoms with Gasteiger partial charge in [-0.2, -0.15) is 5.26 Å². The van der Waals surface area contributed by atoms with E-state index in [1.54, 1.807) is 13.3 Å². The van der Waals surface area contributed by atoms with Crippen molar-refractivity contribution in [2.45, 2.75) is 38.8 Å². The molecule has 1 aliphatic heterocycles. The van der Waals surface area contributed by atoms with Gasteiger partial charge in [0.25, 0.3) is 5.91 Å². The Morgan fingerprint density at radius 3 is 2.78 bits per heavy atom. The number of rotatable bonds is 5. The van der Waals surface area contributed by atoms with E-state index in [9.17, 15) is 10.1 Å². The van der Waals surface area contributed by atoms with Crippen molar-refractivity contribution in [2.75, 3.05) is 13.7 Å². The van der Waals surface area contributed by atoms with Crippen molar-refractivity contribution in [1.29, 1.82) is 5.26 Å². The first kappa shape index (κ1) is 16.9. The molecule has 1 aliphatic rings. The van der Waals surface area contributed by atoms with E-state index in [2.05, 4.69) is 17.1 Å². The van der Waals surface area contributed by atoms with Crippen LogP contribution in [0, 0.1) is 11.3 Å². The minimum absolute atomic E-state index is 0.160. The molecule has 1 atom stereocenters. The molecule has 1 unspecified atom stereocenters. The second-order valence-corrected chi connectivity index (χ2v) is 5.77. The van der Waals surface area contributed by atoms with Crippen LogP contribution in [0.25, 0.3) is 0 Å². The minimum Gasteiger partial charge on any atom is -0.497 e. The summed E-state index contributed by atoms with van der Waals surface area (Å²) < 4.78 is 5.10. The van der Waals surface area contributed by atoms with E-state index in [1.807, 2.05) is 30.3 Å². The van der Waals surface area contributed by atoms with Crippen molar-refractivity contribution < 1.29 is 9.53 Å². The van der Waals surface area contributed by atoms with Gasteiger partial charge in [0, 0.05) is 25.3 Å². The van der Waals surface area contributed by atoms with Crippen LogP contribution in [-0.2, 0) is 11.3 Å². The zero-order valence-corrected chi connectivity index (χ0v) is 13.7. The third-order valence-electron chi connectivity index (χ3n) is 4.13. The van der Waals surface area contributed by atoms with E-state index in [4.69, 9.17) is 4.74 Å². The number of likely N-dealkylation sites (tertiary alicyclic amines) is 1. The van der Waals surface area contributed by atoms with E-state index in [1.165, 1.54) is 6.42 Å². The third-order valence-corrected chi connectivity index (χ3v) is 4.13. The van der Waals surface area contributed by atoms with Gasteiger partial charge in [-0.25, -0.2) is 0 Å². The van der Waals surface area contributed by atoms with Crippen molar-refractivity contribution in [3.05, 3.63) is 41.6 Å². The first-order valence-corrected chi connectivity index (χ1v) is 7.93. The first-order valence-electron chi connectivity index (χ1n) is 7.93. The van der Waals surface area contributed by atoms with Crippen LogP contribution in [0.15, 0.2) is 36.0 Å². The Morgan fingerprint density at radius 2 is 2.17 bits per heavy atom. The van der Waals surface area contributed by atoms with Gasteiger partial charge in [0.1, 0.15) is 17.4 Å². The van der Waals surface area contributed by atoms with Crippen molar-refractivity contribution in [2.24, 2.45) is 0 Å². The lowest BCUT2D eigenvalue weighted by atomic mass is 10.0. The number of benzene rings is 1. The van der Waals surface area contributed by atoms with E-state index in [0.29, 0.717) is 12.6 Å². The predicted molar refractivity (Wildman–Crippen MR) is 88.6 cm³/mol. The molecule has 1 saturated heterocycles. The maximum atomic E-state index is 12.2. The number of methoxy groups -OCH3 is 1. The van der Waals surface area contributed by atoms with Crippen LogP contribution in [0.3, 0.4) is 0 Å². The quantitative estimate of drug-likeness (QED) is 0.670. The smallest absolute Gasteiger partial charge is 0.263 e. The highest BCUT2D eigenvalue weighted by Crippen LogP contribution is 2.17. The Hall–Kier alpha value is -2.48. The van der Waals surface area contributed by atoms with Gasteiger partial charge in [-0.1, -0.05) is 12.1 Å². The van der Waals surface area contributed by atoms with Crippen LogP contribution < -0.4 is 10.1 Å². The van der Waals surface area contributed by atoms with Crippen LogP contribution in [0.2, 0.25) is 0 Å². The molecule has 0 spiro atoms. The molecule has 0 aromatic heterocycles. The SMILES string of the molecule is COc1ccc(CNC(=O)/C(C#N)=C\N2CCCCC2C)cc1. The van der Waals surface area contributed by atoms with Crippen LogP contribution >= 0.6 is 0 Å². The number of nitrogens with one attached hydrogen (secondary N) is 1. The van der Waals surface area contributed by atoms with Crippen molar-refractivity contribution in [3.63, 3.8) is 0 Å². The molecule has 1 aromatic rings. The number of piperidine rings is 1. The molecule has 122 valence electrons. The summed E-state index contributed by atoms with van der Waals surface area (Å²) in [5, 5.41) is 12.1. The molecule has 0 saturated carbocycles. The second kappa shape index (κ2) is 8.23. The molecule has 0 bridgehead atoms. The van der Waals surface area contributed by atoms with Gasteiger partial charge in [0.15, 0.2) is 0 Å². The number of nitrogens with zero attached hydrogens (tertiary/aromatic N) is 2. The molecule has 0 aliphatic carbocycles. The molecular weight excluding hydrogens is 290 g/mol. The van der Waals surface area contributed by atoms with Gasteiger partial charge in [0.2, 0.25) is 0 Å². The fourth-order valence-electron chi connectivity index (χ4n) is 2.64. The Labute approximate surface area is 137 Å². The first-order chi connectivity index (χ1) is 11.1. The largest absolute Gasteiger partial charge is 0.497 e. The molecule has 1 heterocycles. The van der Waals surface area contributed by atoms with E-state index < -0.39 is 0 Å². The van der Waals surface area contributed by atoms with Crippen molar-refractivity contribution >= 4 is 5.91 Å². The molecule has 1 aromatic carbocycles. The van der Waals surface area contributed by atoms with Crippen molar-refractivity contribution in [3.8, 4) is 11.8 Å². The van der Waals surface area contributed by atoms with Gasteiger partial charge in [0.05, 0.1) is 7.11 Å². The number of nitriles is 1. The maximum Gasteiger partial charge on any atom is 0.263 e. The highest BCUT2D eigenvalue weighted by Gasteiger charge is 2.18. The summed E-state index contributed by atoms with van der Waals surface area (Å²) in [7, 11) is 1.61. The zero-order chi connectivity index (χ0) is 16.7. The lowest BCUT2D eigenvalue weighted by molar-refractivity contribution is -0.117. The van der Waals surface area contributed by atoms with E-state index in [-0.39, 0.29) is 11.5 Å². The lowest BCUT2D eigenvalue weighted by Gasteiger charge is -2.32. The monoisotopic (exact) mass is 313 g/mol. The highest BCUT2D eigenvalue weighted by atomic mass is 16.5. The predicted octanol–water partition coefficient (Wildman–Crippen LogP) is 2.59. The van der Waals surface area contributed by atoms with Gasteiger partial charge >= 0.3 is 0 Å². The third kappa shape index (κ3) is 4.75. The van der Waals surface area contributed by atoms with Gasteiger partial charge in [-0.15, -0.1) is 0 Å². The van der Waals surface area contributed by atoms with Crippen LogP contribution in [-0.4, -0.2) is 30.5 Å². The van der Waals surface area contributed by atoms with Gasteiger partial charge in [-0.05, 0) is 43.9 Å². The molecule has 1 amide bonds. The fraction of sp³-hybridized carbons (Fsp3) is 0.444. The molecule has 1 fully saturated rings. The average Bonchev–Trinajstić information content (AvgIpc) is 2.59. The topological polar surface area (TPSA) is 65.4 Å². The Bertz CT molecular complexity index is 602.